The zero-order valence-corrected chi connectivity index (χ0v) is 15.2. The molecular weight excluding hydrogens is 345 g/mol. The van der Waals surface area contributed by atoms with Crippen LogP contribution in [0.15, 0.2) is 53.5 Å². The highest BCUT2D eigenvalue weighted by Gasteiger charge is 2.30. The second-order valence-electron chi connectivity index (χ2n) is 6.44. The summed E-state index contributed by atoms with van der Waals surface area (Å²) in [4.78, 5) is 21.0. The first-order valence-electron chi connectivity index (χ1n) is 8.62. The number of rotatable bonds is 2. The minimum atomic E-state index is -0.916. The van der Waals surface area contributed by atoms with Crippen LogP contribution in [0.25, 0.3) is 5.69 Å². The van der Waals surface area contributed by atoms with Crippen molar-refractivity contribution in [2.24, 2.45) is 4.99 Å². The van der Waals surface area contributed by atoms with Gasteiger partial charge in [0.05, 0.1) is 17.1 Å². The second kappa shape index (κ2) is 6.46. The van der Waals surface area contributed by atoms with Gasteiger partial charge in [-0.2, -0.15) is 0 Å². The molecule has 1 aromatic heterocycles. The summed E-state index contributed by atoms with van der Waals surface area (Å²) in [7, 11) is 0. The first kappa shape index (κ1) is 17.1. The molecule has 0 spiro atoms. The van der Waals surface area contributed by atoms with E-state index in [1.165, 1.54) is 19.1 Å². The molecule has 0 aliphatic carbocycles. The number of esters is 1. The van der Waals surface area contributed by atoms with Gasteiger partial charge in [0.25, 0.3) is 6.23 Å². The fourth-order valence-electron chi connectivity index (χ4n) is 3.31. The van der Waals surface area contributed by atoms with Crippen molar-refractivity contribution in [3.05, 3.63) is 82.7 Å². The monoisotopic (exact) mass is 363 g/mol. The van der Waals surface area contributed by atoms with Gasteiger partial charge in [0.2, 0.25) is 0 Å². The van der Waals surface area contributed by atoms with Crippen LogP contribution in [0.2, 0.25) is 0 Å². The van der Waals surface area contributed by atoms with Gasteiger partial charge in [0.15, 0.2) is 5.82 Å². The van der Waals surface area contributed by atoms with Crippen LogP contribution in [0.4, 0.5) is 4.39 Å². The van der Waals surface area contributed by atoms with E-state index < -0.39 is 12.2 Å². The summed E-state index contributed by atoms with van der Waals surface area (Å²) < 4.78 is 21.5. The van der Waals surface area contributed by atoms with E-state index in [1.54, 1.807) is 6.07 Å². The van der Waals surface area contributed by atoms with Gasteiger partial charge in [-0.05, 0) is 32.0 Å². The Morgan fingerprint density at radius 1 is 1.15 bits per heavy atom. The molecule has 27 heavy (non-hydrogen) atoms. The number of hydrogen-bond donors (Lipinski definition) is 0. The normalized spacial score (nSPS) is 15.4. The third-order valence-electron chi connectivity index (χ3n) is 4.62. The Labute approximate surface area is 156 Å². The molecule has 5 nitrogen and oxygen atoms in total. The number of imidazole rings is 1. The summed E-state index contributed by atoms with van der Waals surface area (Å²) in [6.07, 6.45) is -0.916. The molecule has 0 saturated heterocycles. The molecule has 0 saturated carbocycles. The quantitative estimate of drug-likeness (QED) is 0.646. The molecule has 0 radical (unpaired) electrons. The number of aryl methyl sites for hydroxylation is 1. The second-order valence-corrected chi connectivity index (χ2v) is 6.44. The van der Waals surface area contributed by atoms with Crippen LogP contribution >= 0.6 is 0 Å². The third kappa shape index (κ3) is 2.93. The van der Waals surface area contributed by atoms with Crippen molar-refractivity contribution in [1.82, 2.24) is 9.55 Å². The van der Waals surface area contributed by atoms with Gasteiger partial charge in [-0.15, -0.1) is 0 Å². The van der Waals surface area contributed by atoms with Crippen LogP contribution in [-0.2, 0) is 9.53 Å². The highest BCUT2D eigenvalue weighted by Crippen LogP contribution is 2.33. The van der Waals surface area contributed by atoms with E-state index in [0.29, 0.717) is 17.1 Å². The minimum Gasteiger partial charge on any atom is -0.432 e. The third-order valence-corrected chi connectivity index (χ3v) is 4.62. The van der Waals surface area contributed by atoms with E-state index in [-0.39, 0.29) is 5.82 Å². The van der Waals surface area contributed by atoms with Crippen LogP contribution in [0, 0.1) is 19.7 Å². The smallest absolute Gasteiger partial charge is 0.304 e. The van der Waals surface area contributed by atoms with E-state index in [4.69, 9.17) is 4.74 Å². The van der Waals surface area contributed by atoms with Gasteiger partial charge >= 0.3 is 5.97 Å². The number of benzene rings is 2. The standard InChI is InChI=1S/C21H18FN3O2/c1-12-13(2)25-18-10-9-16(22)11-17(18)19(15-7-5-4-6-8-15)24-21(20(25)23-12)27-14(3)26/h4-11,21H,1-3H3. The Morgan fingerprint density at radius 3 is 2.59 bits per heavy atom. The number of hydrogen-bond acceptors (Lipinski definition) is 4. The van der Waals surface area contributed by atoms with Crippen LogP contribution in [0.3, 0.4) is 0 Å². The van der Waals surface area contributed by atoms with Crippen LogP contribution < -0.4 is 0 Å². The van der Waals surface area contributed by atoms with Crippen molar-refractivity contribution >= 4 is 11.7 Å². The van der Waals surface area contributed by atoms with Crippen molar-refractivity contribution < 1.29 is 13.9 Å². The number of carbonyl (C=O) groups is 1. The van der Waals surface area contributed by atoms with Crippen molar-refractivity contribution in [3.63, 3.8) is 0 Å². The zero-order valence-electron chi connectivity index (χ0n) is 15.2. The first-order valence-corrected chi connectivity index (χ1v) is 8.62. The average Bonchev–Trinajstić information content (AvgIpc) is 2.87. The number of aliphatic imine (C=N–C) groups is 1. The summed E-state index contributed by atoms with van der Waals surface area (Å²) >= 11 is 0. The summed E-state index contributed by atoms with van der Waals surface area (Å²) in [6.45, 7) is 5.15. The van der Waals surface area contributed by atoms with Gasteiger partial charge in [-0.3, -0.25) is 9.36 Å². The predicted molar refractivity (Wildman–Crippen MR) is 99.6 cm³/mol. The van der Waals surface area contributed by atoms with Crippen molar-refractivity contribution in [1.29, 1.82) is 0 Å². The number of nitrogens with zero attached hydrogens (tertiary/aromatic N) is 3. The average molecular weight is 363 g/mol. The van der Waals surface area contributed by atoms with Crippen molar-refractivity contribution in [2.45, 2.75) is 27.0 Å². The lowest BCUT2D eigenvalue weighted by atomic mass is 10.00. The van der Waals surface area contributed by atoms with Gasteiger partial charge in [0, 0.05) is 23.7 Å². The van der Waals surface area contributed by atoms with Gasteiger partial charge in [0.1, 0.15) is 5.82 Å². The van der Waals surface area contributed by atoms with E-state index in [0.717, 1.165) is 22.6 Å². The predicted octanol–water partition coefficient (Wildman–Crippen LogP) is 4.04. The molecule has 0 bridgehead atoms. The number of ether oxygens (including phenoxy) is 1. The summed E-state index contributed by atoms with van der Waals surface area (Å²) in [5.74, 6) is -0.323. The molecule has 4 rings (SSSR count). The molecule has 1 atom stereocenters. The maximum Gasteiger partial charge on any atom is 0.304 e. The minimum absolute atomic E-state index is 0.362. The largest absolute Gasteiger partial charge is 0.432 e. The summed E-state index contributed by atoms with van der Waals surface area (Å²) in [6, 6.07) is 14.0. The van der Waals surface area contributed by atoms with E-state index in [2.05, 4.69) is 9.98 Å². The van der Waals surface area contributed by atoms with Crippen LogP contribution in [0.5, 0.6) is 0 Å². The highest BCUT2D eigenvalue weighted by molar-refractivity contribution is 6.15. The lowest BCUT2D eigenvalue weighted by Gasteiger charge is -2.14. The molecule has 2 aromatic carbocycles. The maximum absolute atomic E-state index is 14.1. The molecule has 136 valence electrons. The number of carbonyl (C=O) groups excluding carboxylic acids is 1. The Hall–Kier alpha value is -3.28. The first-order chi connectivity index (χ1) is 13.0. The van der Waals surface area contributed by atoms with E-state index >= 15 is 0 Å². The fourth-order valence-corrected chi connectivity index (χ4v) is 3.31. The molecule has 1 unspecified atom stereocenters. The number of aromatic nitrogens is 2. The van der Waals surface area contributed by atoms with Gasteiger partial charge in [-0.1, -0.05) is 30.3 Å². The molecule has 1 aliphatic heterocycles. The Bertz CT molecular complexity index is 1070. The molecule has 0 amide bonds. The van der Waals surface area contributed by atoms with Gasteiger partial charge < -0.3 is 4.74 Å². The van der Waals surface area contributed by atoms with Crippen molar-refractivity contribution in [2.75, 3.05) is 0 Å². The molecule has 2 heterocycles. The maximum atomic E-state index is 14.1. The Balaban J connectivity index is 2.06. The lowest BCUT2D eigenvalue weighted by molar-refractivity contribution is -0.146. The number of halogens is 1. The number of fused-ring (bicyclic) bond motifs is 3. The molecular formula is C21H18FN3O2. The lowest BCUT2D eigenvalue weighted by Crippen LogP contribution is -2.12. The molecule has 3 aromatic rings. The molecule has 1 aliphatic rings. The van der Waals surface area contributed by atoms with Crippen LogP contribution in [-0.4, -0.2) is 21.2 Å². The van der Waals surface area contributed by atoms with E-state index in [1.807, 2.05) is 48.7 Å². The molecule has 6 heteroatoms. The fraction of sp³-hybridized carbons (Fsp3) is 0.190. The Kier molecular flexibility index (Phi) is 4.11. The SMILES string of the molecule is CC(=O)OC1N=C(c2ccccc2)c2cc(F)ccc2-n2c1nc(C)c2C. The van der Waals surface area contributed by atoms with E-state index in [9.17, 15) is 9.18 Å². The summed E-state index contributed by atoms with van der Waals surface area (Å²) in [5.41, 5.74) is 4.43. The Morgan fingerprint density at radius 2 is 1.89 bits per heavy atom. The molecule has 0 fully saturated rings. The van der Waals surface area contributed by atoms with Gasteiger partial charge in [-0.25, -0.2) is 14.4 Å². The highest BCUT2D eigenvalue weighted by atomic mass is 19.1. The zero-order chi connectivity index (χ0) is 19.1. The van der Waals surface area contributed by atoms with Crippen LogP contribution in [0.1, 0.15) is 41.5 Å². The van der Waals surface area contributed by atoms with Crippen molar-refractivity contribution in [3.8, 4) is 5.69 Å². The molecule has 0 N–H and O–H groups in total. The summed E-state index contributed by atoms with van der Waals surface area (Å²) in [5, 5.41) is 0. The topological polar surface area (TPSA) is 56.5 Å².